The zero-order valence-electron chi connectivity index (χ0n) is 19.8. The number of hydrogen-bond acceptors (Lipinski definition) is 1. The maximum atomic E-state index is 5.96. The minimum Gasteiger partial charge on any atom is -0.701 e. The van der Waals surface area contributed by atoms with E-state index in [4.69, 9.17) is 12.7 Å². The maximum absolute atomic E-state index is 5.96. The van der Waals surface area contributed by atoms with Crippen LogP contribution in [-0.2, 0) is 10.1 Å². The second kappa shape index (κ2) is 9.76. The molecule has 6 aromatic rings. The summed E-state index contributed by atoms with van der Waals surface area (Å²) in [7, 11) is 5.96. The van der Waals surface area contributed by atoms with Crippen LogP contribution in [0.1, 0.15) is 16.7 Å². The zero-order chi connectivity index (χ0) is 23.0. The van der Waals surface area contributed by atoms with Gasteiger partial charge in [0.2, 0.25) is 0 Å². The first kappa shape index (κ1) is 23.5. The van der Waals surface area contributed by atoms with Crippen LogP contribution in [0.25, 0.3) is 32.3 Å². The molecule has 0 atom stereocenters. The monoisotopic (exact) mass is 441 g/mol. The summed E-state index contributed by atoms with van der Waals surface area (Å²) in [6.45, 7) is 0.309. The molecule has 6 rings (SSSR count). The Balaban J connectivity index is 0.00000253. The van der Waals surface area contributed by atoms with Crippen LogP contribution < -0.4 is 18.9 Å². The van der Waals surface area contributed by atoms with Gasteiger partial charge in [0.25, 0.3) is 0 Å². The van der Waals surface area contributed by atoms with Gasteiger partial charge in [-0.15, -0.1) is 0 Å². The minimum absolute atomic E-state index is 0. The molecule has 161 valence electrons. The molecule has 3 heteroatoms. The molecule has 0 saturated carbocycles. The Hall–Kier alpha value is -3.28. The van der Waals surface area contributed by atoms with Gasteiger partial charge in [0.1, 0.15) is 0 Å². The van der Waals surface area contributed by atoms with Crippen molar-refractivity contribution in [1.82, 2.24) is 0 Å². The van der Waals surface area contributed by atoms with E-state index < -0.39 is 5.41 Å². The molecule has 35 heavy (non-hydrogen) atoms. The third-order valence-corrected chi connectivity index (χ3v) is 7.05. The molecule has 0 spiro atoms. The predicted molar refractivity (Wildman–Crippen MR) is 143 cm³/mol. The van der Waals surface area contributed by atoms with Gasteiger partial charge in [-0.25, -0.2) is 0 Å². The van der Waals surface area contributed by atoms with Crippen molar-refractivity contribution in [3.05, 3.63) is 144 Å². The van der Waals surface area contributed by atoms with E-state index in [-0.39, 0.29) is 18.9 Å². The topological polar surface area (TPSA) is 9.23 Å². The van der Waals surface area contributed by atoms with Gasteiger partial charge >= 0.3 is 18.9 Å². The second-order valence-electron chi connectivity index (χ2n) is 8.80. The molecule has 0 heterocycles. The van der Waals surface area contributed by atoms with Gasteiger partial charge in [0.15, 0.2) is 0 Å². The smallest absolute Gasteiger partial charge is 0.701 e. The summed E-state index contributed by atoms with van der Waals surface area (Å²) in [6, 6.07) is 45.3. The van der Waals surface area contributed by atoms with Gasteiger partial charge in [-0.2, -0.15) is 0 Å². The van der Waals surface area contributed by atoms with Crippen LogP contribution in [0.4, 0.5) is 0 Å². The predicted octanol–water partition coefficient (Wildman–Crippen LogP) is 4.58. The van der Waals surface area contributed by atoms with Crippen molar-refractivity contribution < 1.29 is 23.5 Å². The van der Waals surface area contributed by atoms with Gasteiger partial charge in [-0.1, -0.05) is 127 Å². The average Bonchev–Trinajstić information content (AvgIpc) is 2.91. The van der Waals surface area contributed by atoms with E-state index in [2.05, 4.69) is 127 Å². The van der Waals surface area contributed by atoms with E-state index in [0.717, 1.165) is 0 Å². The van der Waals surface area contributed by atoms with E-state index in [1.807, 2.05) is 0 Å². The molecule has 0 saturated heterocycles. The summed E-state index contributed by atoms with van der Waals surface area (Å²) in [5.74, 6) is 0. The SMILES string of the molecule is [B-]OCC(c1cccc2ccccc12)(c1cccc2ccccc12)c1cccc2ccccc12.[Li+]. The van der Waals surface area contributed by atoms with Gasteiger partial charge in [0, 0.05) is 6.61 Å². The molecule has 0 aliphatic carbocycles. The van der Waals surface area contributed by atoms with E-state index in [1.165, 1.54) is 49.0 Å². The molecule has 1 nitrogen and oxygen atoms in total. The van der Waals surface area contributed by atoms with Gasteiger partial charge < -0.3 is 12.7 Å². The third-order valence-electron chi connectivity index (χ3n) is 7.05. The van der Waals surface area contributed by atoms with E-state index >= 15 is 0 Å². The second-order valence-corrected chi connectivity index (χ2v) is 8.80. The number of hydrogen-bond donors (Lipinski definition) is 0. The molecule has 6 aromatic carbocycles. The Morgan fingerprint density at radius 3 is 1.11 bits per heavy atom. The first-order valence-corrected chi connectivity index (χ1v) is 11.6. The molecule has 0 amide bonds. The zero-order valence-corrected chi connectivity index (χ0v) is 19.8. The third kappa shape index (κ3) is 3.80. The van der Waals surface area contributed by atoms with Crippen molar-refractivity contribution >= 4 is 40.4 Å². The number of fused-ring (bicyclic) bond motifs is 3. The maximum Gasteiger partial charge on any atom is 1.00 e. The Morgan fingerprint density at radius 1 is 0.457 bits per heavy atom. The summed E-state index contributed by atoms with van der Waals surface area (Å²) in [5.41, 5.74) is 2.92. The average molecular weight is 441 g/mol. The molecule has 0 bridgehead atoms. The van der Waals surface area contributed by atoms with Crippen LogP contribution in [-0.4, -0.2) is 14.7 Å². The molecule has 0 N–H and O–H groups in total. The first-order valence-electron chi connectivity index (χ1n) is 11.6. The van der Waals surface area contributed by atoms with Gasteiger partial charge in [0.05, 0.1) is 5.41 Å². The fourth-order valence-electron chi connectivity index (χ4n) is 5.59. The van der Waals surface area contributed by atoms with Crippen LogP contribution >= 0.6 is 0 Å². The molecule has 0 fully saturated rings. The van der Waals surface area contributed by atoms with Crippen molar-refractivity contribution in [3.63, 3.8) is 0 Å². The van der Waals surface area contributed by atoms with Crippen LogP contribution in [0.2, 0.25) is 0 Å². The van der Waals surface area contributed by atoms with E-state index in [9.17, 15) is 0 Å². The Morgan fingerprint density at radius 2 is 0.771 bits per heavy atom. The standard InChI is InChI=1S/C32H23BO.Li/c33-34-22-32(29-19-7-13-23-10-1-4-16-26(23)29,30-20-8-14-24-11-2-5-17-27(24)30)31-21-9-15-25-12-3-6-18-28(25)31;/h1-21H,22H2;/q-1;+1. The molecule has 0 unspecified atom stereocenters. The Labute approximate surface area is 219 Å². The summed E-state index contributed by atoms with van der Waals surface area (Å²) in [6.07, 6.45) is 0. The van der Waals surface area contributed by atoms with Crippen LogP contribution in [0.15, 0.2) is 127 Å². The molecule has 0 aliphatic heterocycles. The summed E-state index contributed by atoms with van der Waals surface area (Å²) in [4.78, 5) is 0. The van der Waals surface area contributed by atoms with Crippen LogP contribution in [0.5, 0.6) is 0 Å². The van der Waals surface area contributed by atoms with Crippen LogP contribution in [0.3, 0.4) is 0 Å². The summed E-state index contributed by atoms with van der Waals surface area (Å²) >= 11 is 0. The number of benzene rings is 6. The van der Waals surface area contributed by atoms with Crippen molar-refractivity contribution in [2.24, 2.45) is 0 Å². The molecule has 0 aromatic heterocycles. The van der Waals surface area contributed by atoms with Gasteiger partial charge in [-0.05, 0) is 49.0 Å². The van der Waals surface area contributed by atoms with Crippen molar-refractivity contribution in [2.75, 3.05) is 6.61 Å². The fourth-order valence-corrected chi connectivity index (χ4v) is 5.59. The normalized spacial score (nSPS) is 11.6. The molecule has 3 radical (unpaired) electrons. The summed E-state index contributed by atoms with van der Waals surface area (Å²) in [5, 5.41) is 7.18. The van der Waals surface area contributed by atoms with E-state index in [1.54, 1.807) is 0 Å². The van der Waals surface area contributed by atoms with E-state index in [0.29, 0.717) is 6.61 Å². The van der Waals surface area contributed by atoms with Crippen molar-refractivity contribution in [3.8, 4) is 0 Å². The number of rotatable bonds is 5. The van der Waals surface area contributed by atoms with Gasteiger partial charge in [-0.3, -0.25) is 0 Å². The van der Waals surface area contributed by atoms with Crippen molar-refractivity contribution in [2.45, 2.75) is 5.41 Å². The largest absolute Gasteiger partial charge is 1.00 e. The molecular weight excluding hydrogens is 418 g/mol. The fraction of sp³-hybridized carbons (Fsp3) is 0.0625. The molecule has 0 aliphatic rings. The Bertz CT molecular complexity index is 1430. The quantitative estimate of drug-likeness (QED) is 0.281. The Kier molecular flexibility index (Phi) is 6.55. The first-order chi connectivity index (χ1) is 16.8. The molecular formula is C32H23BLiO. The van der Waals surface area contributed by atoms with Crippen molar-refractivity contribution in [1.29, 1.82) is 0 Å². The van der Waals surface area contributed by atoms with Crippen LogP contribution in [0, 0.1) is 0 Å². The minimum atomic E-state index is -0.628. The summed E-state index contributed by atoms with van der Waals surface area (Å²) < 4.78 is 5.62.